The summed E-state index contributed by atoms with van der Waals surface area (Å²) >= 11 is 0. The van der Waals surface area contributed by atoms with E-state index in [1.54, 1.807) is 38.6 Å². The predicted molar refractivity (Wildman–Crippen MR) is 109 cm³/mol. The van der Waals surface area contributed by atoms with Crippen molar-refractivity contribution in [3.8, 4) is 0 Å². The van der Waals surface area contributed by atoms with Crippen molar-refractivity contribution in [2.75, 3.05) is 19.6 Å². The van der Waals surface area contributed by atoms with Gasteiger partial charge in [-0.1, -0.05) is 5.43 Å². The smallest absolute Gasteiger partial charge is 0.417 e. The molecule has 0 aliphatic carbocycles. The van der Waals surface area contributed by atoms with Crippen LogP contribution in [0.25, 0.3) is 0 Å². The Balaban J connectivity index is 2.40. The first kappa shape index (κ1) is 24.2. The Labute approximate surface area is 170 Å². The Morgan fingerprint density at radius 3 is 2.66 bits per heavy atom. The Hall–Kier alpha value is -2.79. The van der Waals surface area contributed by atoms with E-state index in [2.05, 4.69) is 10.3 Å². The van der Waals surface area contributed by atoms with Crippen LogP contribution in [0.15, 0.2) is 24.5 Å². The summed E-state index contributed by atoms with van der Waals surface area (Å²) in [5, 5.41) is 20.7. The van der Waals surface area contributed by atoms with Crippen molar-refractivity contribution in [2.45, 2.75) is 51.7 Å². The summed E-state index contributed by atoms with van der Waals surface area (Å²) in [5.74, 6) is -0.645. The molecule has 1 aromatic rings. The minimum Gasteiger partial charge on any atom is -0.443 e. The van der Waals surface area contributed by atoms with Crippen molar-refractivity contribution in [3.63, 3.8) is 0 Å². The van der Waals surface area contributed by atoms with Crippen LogP contribution in [0.2, 0.25) is 0 Å². The number of amides is 1. The molecule has 0 bridgehead atoms. The molecule has 162 valence electrons. The number of guanidine groups is 1. The number of rotatable bonds is 10. The molecule has 5 N–H and O–H groups in total. The second-order valence-electron chi connectivity index (χ2n) is 7.56. The van der Waals surface area contributed by atoms with Crippen molar-refractivity contribution in [1.29, 1.82) is 5.41 Å². The van der Waals surface area contributed by atoms with Crippen LogP contribution >= 0.6 is 0 Å². The Morgan fingerprint density at radius 1 is 1.41 bits per heavy atom. The van der Waals surface area contributed by atoms with Gasteiger partial charge in [-0.15, -0.1) is 0 Å². The molecule has 1 amide bonds. The maximum Gasteiger partial charge on any atom is 0.417 e. The molecule has 1 heterocycles. The van der Waals surface area contributed by atoms with E-state index < -0.39 is 22.7 Å². The number of hydrogen-bond donors (Lipinski definition) is 4. The molecule has 1 atom stereocenters. The molecule has 0 radical (unpaired) electrons. The van der Waals surface area contributed by atoms with Gasteiger partial charge in [-0.05, 0) is 64.3 Å². The van der Waals surface area contributed by atoms with E-state index >= 15 is 0 Å². The van der Waals surface area contributed by atoms with Gasteiger partial charge in [0.25, 0.3) is 5.96 Å². The topological polar surface area (TPSA) is 160 Å². The third-order valence-electron chi connectivity index (χ3n) is 3.78. The third-order valence-corrected chi connectivity index (χ3v) is 3.78. The number of nitrogens with one attached hydrogen (secondary N) is 3. The van der Waals surface area contributed by atoms with Crippen LogP contribution in [-0.2, 0) is 11.2 Å². The van der Waals surface area contributed by atoms with Gasteiger partial charge in [0, 0.05) is 31.5 Å². The van der Waals surface area contributed by atoms with Gasteiger partial charge in [-0.3, -0.25) is 10.4 Å². The highest BCUT2D eigenvalue weighted by Crippen LogP contribution is 2.11. The van der Waals surface area contributed by atoms with Crippen LogP contribution in [0.4, 0.5) is 4.79 Å². The Morgan fingerprint density at radius 2 is 2.07 bits per heavy atom. The van der Waals surface area contributed by atoms with Gasteiger partial charge >= 0.3 is 6.09 Å². The maximum atomic E-state index is 12.3. The number of nitrogens with two attached hydrogens (primary N) is 1. The van der Waals surface area contributed by atoms with E-state index in [0.29, 0.717) is 19.4 Å². The van der Waals surface area contributed by atoms with Crippen molar-refractivity contribution in [1.82, 2.24) is 20.6 Å². The zero-order valence-corrected chi connectivity index (χ0v) is 17.2. The van der Waals surface area contributed by atoms with Crippen LogP contribution in [-0.4, -0.2) is 58.2 Å². The molecule has 0 aliphatic rings. The summed E-state index contributed by atoms with van der Waals surface area (Å²) in [6, 6.07) is 3.77. The van der Waals surface area contributed by atoms with E-state index in [-0.39, 0.29) is 12.6 Å². The molecule has 0 aromatic carbocycles. The van der Waals surface area contributed by atoms with Crippen LogP contribution in [0.1, 0.15) is 39.2 Å². The van der Waals surface area contributed by atoms with E-state index in [9.17, 15) is 14.9 Å². The monoisotopic (exact) mass is 409 g/mol. The molecule has 0 spiro atoms. The van der Waals surface area contributed by atoms with Gasteiger partial charge in [0.2, 0.25) is 0 Å². The standard InChI is InChI=1S/C18H31N7O4/c1-18(2,3)29-17(26)24(16(20)23-25(27)28)12-4-5-15(19)13-22-11-8-14-6-9-21-10-7-14/h6-7,9-10,15,22H,4-5,8,11-13,19H2,1-3H3,(H2,20,23)/t15-/m0/s1. The Bertz CT molecular complexity index is 664. The van der Waals surface area contributed by atoms with E-state index in [0.717, 1.165) is 17.9 Å². The molecule has 1 aromatic heterocycles. The highest BCUT2D eigenvalue weighted by atomic mass is 16.7. The van der Waals surface area contributed by atoms with Crippen LogP contribution < -0.4 is 16.5 Å². The zero-order chi connectivity index (χ0) is 21.9. The van der Waals surface area contributed by atoms with Crippen molar-refractivity contribution >= 4 is 12.1 Å². The molecule has 0 aliphatic heterocycles. The lowest BCUT2D eigenvalue weighted by Crippen LogP contribution is -2.48. The van der Waals surface area contributed by atoms with Gasteiger partial charge in [0.1, 0.15) is 5.60 Å². The number of carbonyl (C=O) groups is 1. The van der Waals surface area contributed by atoms with Gasteiger partial charge in [0.05, 0.1) is 0 Å². The fourth-order valence-corrected chi connectivity index (χ4v) is 2.44. The third kappa shape index (κ3) is 11.0. The number of hydrogen-bond acceptors (Lipinski definition) is 8. The molecular formula is C18H31N7O4. The Kier molecular flexibility index (Phi) is 9.97. The van der Waals surface area contributed by atoms with E-state index in [1.807, 2.05) is 12.1 Å². The van der Waals surface area contributed by atoms with Crippen LogP contribution in [0, 0.1) is 15.5 Å². The first-order valence-electron chi connectivity index (χ1n) is 9.44. The van der Waals surface area contributed by atoms with Crippen LogP contribution in [0.5, 0.6) is 0 Å². The average Bonchev–Trinajstić information content (AvgIpc) is 2.61. The van der Waals surface area contributed by atoms with Gasteiger partial charge in [-0.25, -0.2) is 19.8 Å². The van der Waals surface area contributed by atoms with Crippen molar-refractivity contribution in [3.05, 3.63) is 40.2 Å². The number of nitro groups is 1. The van der Waals surface area contributed by atoms with E-state index in [1.165, 1.54) is 5.56 Å². The van der Waals surface area contributed by atoms with Crippen molar-refractivity contribution in [2.24, 2.45) is 5.73 Å². The summed E-state index contributed by atoms with van der Waals surface area (Å²) in [6.45, 7) is 6.50. The van der Waals surface area contributed by atoms with Gasteiger partial charge in [-0.2, -0.15) is 0 Å². The first-order chi connectivity index (χ1) is 13.6. The number of hydrazine groups is 1. The number of carbonyl (C=O) groups excluding carboxylic acids is 1. The lowest BCUT2D eigenvalue weighted by atomic mass is 10.1. The minimum atomic E-state index is -0.891. The predicted octanol–water partition coefficient (Wildman–Crippen LogP) is 1.27. The quantitative estimate of drug-likeness (QED) is 0.148. The number of ether oxygens (including phenoxy) is 1. The SMILES string of the molecule is CC(C)(C)OC(=O)N(CCC[C@H](N)CNCCc1ccncc1)C(=N)N[N+](=O)[O-]. The fourth-order valence-electron chi connectivity index (χ4n) is 2.44. The highest BCUT2D eigenvalue weighted by Gasteiger charge is 2.27. The zero-order valence-electron chi connectivity index (χ0n) is 17.2. The van der Waals surface area contributed by atoms with Gasteiger partial charge < -0.3 is 15.8 Å². The minimum absolute atomic E-state index is 0.0826. The van der Waals surface area contributed by atoms with Crippen molar-refractivity contribution < 1.29 is 14.6 Å². The lowest BCUT2D eigenvalue weighted by molar-refractivity contribution is -0.526. The average molecular weight is 409 g/mol. The molecule has 0 unspecified atom stereocenters. The number of nitrogens with zero attached hydrogens (tertiary/aromatic N) is 3. The maximum absolute atomic E-state index is 12.3. The number of pyridine rings is 1. The molecule has 1 rings (SSSR count). The molecule has 29 heavy (non-hydrogen) atoms. The summed E-state index contributed by atoms with van der Waals surface area (Å²) < 4.78 is 5.22. The summed E-state index contributed by atoms with van der Waals surface area (Å²) in [5.41, 5.74) is 8.18. The summed E-state index contributed by atoms with van der Waals surface area (Å²) in [6.07, 6.45) is 4.60. The molecule has 11 nitrogen and oxygen atoms in total. The van der Waals surface area contributed by atoms with Crippen LogP contribution in [0.3, 0.4) is 0 Å². The molecule has 11 heteroatoms. The largest absolute Gasteiger partial charge is 0.443 e. The second-order valence-corrected chi connectivity index (χ2v) is 7.56. The molecule has 0 saturated carbocycles. The number of aromatic nitrogens is 1. The molecule has 0 saturated heterocycles. The molecular weight excluding hydrogens is 378 g/mol. The molecule has 0 fully saturated rings. The second kappa shape index (κ2) is 11.9. The van der Waals surface area contributed by atoms with Gasteiger partial charge in [0.15, 0.2) is 5.03 Å². The fraction of sp³-hybridized carbons (Fsp3) is 0.611. The lowest BCUT2D eigenvalue weighted by Gasteiger charge is -2.26. The summed E-state index contributed by atoms with van der Waals surface area (Å²) in [4.78, 5) is 27.7. The van der Waals surface area contributed by atoms with E-state index in [4.69, 9.17) is 15.9 Å². The first-order valence-corrected chi connectivity index (χ1v) is 9.44. The normalized spacial score (nSPS) is 12.1. The summed E-state index contributed by atoms with van der Waals surface area (Å²) in [7, 11) is 0. The highest BCUT2D eigenvalue weighted by molar-refractivity contribution is 5.91.